The van der Waals surface area contributed by atoms with Gasteiger partial charge in [-0.1, -0.05) is 12.1 Å². The Balaban J connectivity index is 1.50. The van der Waals surface area contributed by atoms with Crippen LogP contribution >= 0.6 is 0 Å². The van der Waals surface area contributed by atoms with Gasteiger partial charge in [0.05, 0.1) is 32.5 Å². The summed E-state index contributed by atoms with van der Waals surface area (Å²) in [6.45, 7) is 1.81. The molecule has 0 aromatic heterocycles. The van der Waals surface area contributed by atoms with E-state index in [1.807, 2.05) is 30.3 Å². The molecule has 0 spiro atoms. The molecule has 156 valence electrons. The Kier molecular flexibility index (Phi) is 4.62. The third-order valence-electron chi connectivity index (χ3n) is 6.37. The van der Waals surface area contributed by atoms with E-state index in [0.29, 0.717) is 48.5 Å². The quantitative estimate of drug-likeness (QED) is 0.790. The van der Waals surface area contributed by atoms with Gasteiger partial charge in [0.2, 0.25) is 0 Å². The fourth-order valence-corrected chi connectivity index (χ4v) is 4.58. The van der Waals surface area contributed by atoms with Crippen molar-refractivity contribution in [2.24, 2.45) is 11.8 Å². The highest BCUT2D eigenvalue weighted by atomic mass is 16.5. The van der Waals surface area contributed by atoms with Crippen molar-refractivity contribution in [3.05, 3.63) is 58.7 Å². The van der Waals surface area contributed by atoms with Crippen LogP contribution in [-0.2, 0) is 4.74 Å². The fraction of sp³-hybridized carbons (Fsp3) is 0.391. The summed E-state index contributed by atoms with van der Waals surface area (Å²) in [5, 5.41) is 5.76. The van der Waals surface area contributed by atoms with Gasteiger partial charge in [0.1, 0.15) is 11.5 Å². The number of amides is 2. The van der Waals surface area contributed by atoms with Crippen LogP contribution in [0.5, 0.6) is 11.5 Å². The molecule has 2 N–H and O–H groups in total. The summed E-state index contributed by atoms with van der Waals surface area (Å²) >= 11 is 0. The lowest BCUT2D eigenvalue weighted by atomic mass is 9.90. The van der Waals surface area contributed by atoms with Crippen molar-refractivity contribution in [2.45, 2.75) is 12.0 Å². The molecular weight excluding hydrogens is 384 g/mol. The molecule has 2 aliphatic heterocycles. The van der Waals surface area contributed by atoms with Crippen molar-refractivity contribution in [1.82, 2.24) is 10.6 Å². The lowest BCUT2D eigenvalue weighted by molar-refractivity contribution is 0.0929. The molecule has 3 unspecified atom stereocenters. The highest BCUT2D eigenvalue weighted by Crippen LogP contribution is 2.45. The molecule has 0 radical (unpaired) electrons. The first kappa shape index (κ1) is 18.9. The van der Waals surface area contributed by atoms with Crippen LogP contribution in [0.3, 0.4) is 0 Å². The van der Waals surface area contributed by atoms with Crippen molar-refractivity contribution in [1.29, 1.82) is 0 Å². The SMILES string of the molecule is CNC(=O)c1cc(C(=O)NC2C3COCC32)cc2c1OCC2c1cccc(OC)c1. The van der Waals surface area contributed by atoms with Gasteiger partial charge in [0.15, 0.2) is 0 Å². The topological polar surface area (TPSA) is 85.9 Å². The van der Waals surface area contributed by atoms with Crippen LogP contribution < -0.4 is 20.1 Å². The highest BCUT2D eigenvalue weighted by Gasteiger charge is 2.54. The number of methoxy groups -OCH3 is 1. The molecule has 2 heterocycles. The Morgan fingerprint density at radius 1 is 1.07 bits per heavy atom. The van der Waals surface area contributed by atoms with Crippen LogP contribution in [0, 0.1) is 11.8 Å². The van der Waals surface area contributed by atoms with E-state index in [4.69, 9.17) is 14.2 Å². The van der Waals surface area contributed by atoms with Crippen molar-refractivity contribution < 1.29 is 23.8 Å². The standard InChI is InChI=1S/C23H24N2O5/c1-24-23(27)16-8-13(22(26)25-20-18-9-29-10-19(18)20)7-15-17(11-30-21(15)16)12-4-3-5-14(6-12)28-2/h3-8,17-20H,9-11H2,1-2H3,(H,24,27)(H,25,26). The van der Waals surface area contributed by atoms with Crippen LogP contribution in [0.15, 0.2) is 36.4 Å². The van der Waals surface area contributed by atoms with Gasteiger partial charge in [-0.05, 0) is 29.8 Å². The first-order valence-corrected chi connectivity index (χ1v) is 10.2. The van der Waals surface area contributed by atoms with E-state index < -0.39 is 0 Å². The zero-order chi connectivity index (χ0) is 20.8. The molecule has 3 atom stereocenters. The molecule has 0 bridgehead atoms. The van der Waals surface area contributed by atoms with E-state index in [1.165, 1.54) is 0 Å². The summed E-state index contributed by atoms with van der Waals surface area (Å²) in [6, 6.07) is 11.4. The Morgan fingerprint density at radius 3 is 2.60 bits per heavy atom. The largest absolute Gasteiger partial charge is 0.497 e. The third-order valence-corrected chi connectivity index (χ3v) is 6.37. The van der Waals surface area contributed by atoms with Gasteiger partial charge in [0.25, 0.3) is 11.8 Å². The smallest absolute Gasteiger partial charge is 0.254 e. The van der Waals surface area contributed by atoms with Crippen LogP contribution in [0.4, 0.5) is 0 Å². The first-order valence-electron chi connectivity index (χ1n) is 10.2. The Hall–Kier alpha value is -3.06. The Labute approximate surface area is 174 Å². The number of rotatable bonds is 5. The molecule has 1 aliphatic carbocycles. The molecular formula is C23H24N2O5. The van der Waals surface area contributed by atoms with Gasteiger partial charge in [-0.2, -0.15) is 0 Å². The molecule has 1 saturated carbocycles. The van der Waals surface area contributed by atoms with Crippen molar-refractivity contribution in [3.8, 4) is 11.5 Å². The maximum Gasteiger partial charge on any atom is 0.254 e. The number of benzene rings is 2. The minimum absolute atomic E-state index is 0.0834. The number of hydrogen-bond acceptors (Lipinski definition) is 5. The molecule has 2 amide bonds. The van der Waals surface area contributed by atoms with Crippen LogP contribution in [0.2, 0.25) is 0 Å². The van der Waals surface area contributed by atoms with Gasteiger partial charge >= 0.3 is 0 Å². The van der Waals surface area contributed by atoms with Crippen molar-refractivity contribution >= 4 is 11.8 Å². The predicted molar refractivity (Wildman–Crippen MR) is 109 cm³/mol. The minimum Gasteiger partial charge on any atom is -0.497 e. The van der Waals surface area contributed by atoms with Gasteiger partial charge in [-0.25, -0.2) is 0 Å². The number of carbonyl (C=O) groups excluding carboxylic acids is 2. The van der Waals surface area contributed by atoms with Crippen molar-refractivity contribution in [3.63, 3.8) is 0 Å². The molecule has 7 heteroatoms. The van der Waals surface area contributed by atoms with Crippen LogP contribution in [0.25, 0.3) is 0 Å². The van der Waals surface area contributed by atoms with Crippen molar-refractivity contribution in [2.75, 3.05) is 34.0 Å². The second kappa shape index (κ2) is 7.32. The van der Waals surface area contributed by atoms with E-state index in [-0.39, 0.29) is 23.8 Å². The molecule has 2 fully saturated rings. The van der Waals surface area contributed by atoms with Gasteiger partial charge in [-0.3, -0.25) is 9.59 Å². The monoisotopic (exact) mass is 408 g/mol. The molecule has 2 aromatic rings. The summed E-state index contributed by atoms with van der Waals surface area (Å²) in [7, 11) is 3.20. The number of fused-ring (bicyclic) bond motifs is 2. The van der Waals surface area contributed by atoms with E-state index in [0.717, 1.165) is 16.9 Å². The second-order valence-corrected chi connectivity index (χ2v) is 8.03. The summed E-state index contributed by atoms with van der Waals surface area (Å²) < 4.78 is 16.7. The van der Waals surface area contributed by atoms with Crippen LogP contribution in [-0.4, -0.2) is 51.8 Å². The number of ether oxygens (including phenoxy) is 3. The highest BCUT2D eigenvalue weighted by molar-refractivity contribution is 6.02. The lowest BCUT2D eigenvalue weighted by Gasteiger charge is -2.14. The average molecular weight is 408 g/mol. The van der Waals surface area contributed by atoms with Gasteiger partial charge in [-0.15, -0.1) is 0 Å². The summed E-state index contributed by atoms with van der Waals surface area (Å²) in [5.74, 6) is 1.59. The van der Waals surface area contributed by atoms with Gasteiger partial charge < -0.3 is 24.8 Å². The molecule has 5 rings (SSSR count). The molecule has 1 saturated heterocycles. The van der Waals surface area contributed by atoms with Gasteiger partial charge in [0, 0.05) is 42.0 Å². The molecule has 2 aromatic carbocycles. The summed E-state index contributed by atoms with van der Waals surface area (Å²) in [5.41, 5.74) is 2.71. The summed E-state index contributed by atoms with van der Waals surface area (Å²) in [4.78, 5) is 25.5. The molecule has 7 nitrogen and oxygen atoms in total. The maximum absolute atomic E-state index is 13.0. The number of hydrogen-bond donors (Lipinski definition) is 2. The zero-order valence-electron chi connectivity index (χ0n) is 16.9. The normalized spacial score (nSPS) is 25.7. The van der Waals surface area contributed by atoms with E-state index >= 15 is 0 Å². The Morgan fingerprint density at radius 2 is 1.87 bits per heavy atom. The number of carbonyl (C=O) groups is 2. The predicted octanol–water partition coefficient (Wildman–Crippen LogP) is 1.95. The first-order chi connectivity index (χ1) is 14.6. The maximum atomic E-state index is 13.0. The summed E-state index contributed by atoms with van der Waals surface area (Å²) in [6.07, 6.45) is 0. The van der Waals surface area contributed by atoms with Crippen LogP contribution in [0.1, 0.15) is 37.8 Å². The third kappa shape index (κ3) is 3.10. The molecule has 30 heavy (non-hydrogen) atoms. The average Bonchev–Trinajstić information content (AvgIpc) is 3.15. The van der Waals surface area contributed by atoms with E-state index in [2.05, 4.69) is 10.6 Å². The fourth-order valence-electron chi connectivity index (χ4n) is 4.58. The zero-order valence-corrected chi connectivity index (χ0v) is 16.9. The number of nitrogens with one attached hydrogen (secondary N) is 2. The van der Waals surface area contributed by atoms with E-state index in [9.17, 15) is 9.59 Å². The minimum atomic E-state index is -0.274. The Bertz CT molecular complexity index is 1010. The lowest BCUT2D eigenvalue weighted by Crippen LogP contribution is -2.30. The molecule has 3 aliphatic rings. The van der Waals surface area contributed by atoms with E-state index in [1.54, 1.807) is 20.2 Å². The second-order valence-electron chi connectivity index (χ2n) is 8.03.